The van der Waals surface area contributed by atoms with Gasteiger partial charge in [-0.25, -0.2) is 9.48 Å². The Morgan fingerprint density at radius 3 is 2.89 bits per heavy atom. The molecule has 3 N–H and O–H groups in total. The second kappa shape index (κ2) is 6.91. The molecule has 0 aliphatic rings. The highest BCUT2D eigenvalue weighted by Crippen LogP contribution is 1.95. The first-order valence-corrected chi connectivity index (χ1v) is 5.73. The molecule has 0 atom stereocenters. The van der Waals surface area contributed by atoms with Crippen LogP contribution in [-0.2, 0) is 11.3 Å². The summed E-state index contributed by atoms with van der Waals surface area (Å²) in [5, 5.41) is 6.77. The van der Waals surface area contributed by atoms with Crippen molar-refractivity contribution in [2.45, 2.75) is 13.0 Å². The Morgan fingerprint density at radius 2 is 2.21 bits per heavy atom. The summed E-state index contributed by atoms with van der Waals surface area (Å²) in [5.41, 5.74) is 5.61. The summed E-state index contributed by atoms with van der Waals surface area (Å²) >= 11 is 0. The van der Waals surface area contributed by atoms with Crippen LogP contribution in [0.1, 0.15) is 6.42 Å². The van der Waals surface area contributed by atoms with Crippen molar-refractivity contribution in [1.29, 1.82) is 0 Å². The molecule has 2 heterocycles. The lowest BCUT2D eigenvalue weighted by atomic mass is 10.4. The number of fused-ring (bicyclic) bond motifs is 1. The first-order chi connectivity index (χ1) is 8.72. The van der Waals surface area contributed by atoms with Gasteiger partial charge in [-0.2, -0.15) is 0 Å². The Bertz CT molecular complexity index is 606. The number of aryl methyl sites for hydroxylation is 1. The Hall–Kier alpha value is -1.86. The van der Waals surface area contributed by atoms with Gasteiger partial charge in [-0.15, -0.1) is 17.5 Å². The van der Waals surface area contributed by atoms with Crippen molar-refractivity contribution >= 4 is 24.0 Å². The van der Waals surface area contributed by atoms with Gasteiger partial charge in [-0.05, 0) is 12.1 Å². The highest BCUT2D eigenvalue weighted by atomic mass is 35.5. The topological polar surface area (TPSA) is 94.4 Å². The number of carbonyl (C=O) groups is 1. The largest absolute Gasteiger partial charge is 0.355 e. The Morgan fingerprint density at radius 1 is 1.42 bits per heavy atom. The number of carbonyl (C=O) groups excluding carboxylic acids is 1. The van der Waals surface area contributed by atoms with Gasteiger partial charge in [-0.1, -0.05) is 6.07 Å². The van der Waals surface area contributed by atoms with E-state index in [4.69, 9.17) is 5.73 Å². The molecule has 1 amide bonds. The lowest BCUT2D eigenvalue weighted by Crippen LogP contribution is -2.31. The van der Waals surface area contributed by atoms with Crippen LogP contribution in [0.25, 0.3) is 5.65 Å². The second-order valence-electron chi connectivity index (χ2n) is 3.82. The summed E-state index contributed by atoms with van der Waals surface area (Å²) in [6.45, 7) is 1.11. The van der Waals surface area contributed by atoms with Crippen LogP contribution in [-0.4, -0.2) is 33.2 Å². The molecule has 0 unspecified atom stereocenters. The average molecular weight is 286 g/mol. The number of halogens is 1. The van der Waals surface area contributed by atoms with E-state index in [1.54, 1.807) is 24.4 Å². The molecule has 19 heavy (non-hydrogen) atoms. The Kier molecular flexibility index (Phi) is 5.53. The van der Waals surface area contributed by atoms with Crippen molar-refractivity contribution in [2.24, 2.45) is 5.73 Å². The van der Waals surface area contributed by atoms with E-state index in [9.17, 15) is 9.59 Å². The number of amides is 1. The van der Waals surface area contributed by atoms with Gasteiger partial charge >= 0.3 is 5.69 Å². The normalized spacial score (nSPS) is 10.2. The van der Waals surface area contributed by atoms with Crippen molar-refractivity contribution in [1.82, 2.24) is 19.5 Å². The van der Waals surface area contributed by atoms with E-state index in [1.165, 1.54) is 9.08 Å². The highest BCUT2D eigenvalue weighted by molar-refractivity contribution is 5.85. The molecule has 2 aromatic rings. The average Bonchev–Trinajstić information content (AvgIpc) is 2.71. The van der Waals surface area contributed by atoms with E-state index in [0.29, 0.717) is 18.7 Å². The fraction of sp³-hybridized carbons (Fsp3) is 0.364. The number of hydrogen-bond donors (Lipinski definition) is 2. The predicted octanol–water partition coefficient (Wildman–Crippen LogP) is -0.617. The minimum Gasteiger partial charge on any atom is -0.355 e. The van der Waals surface area contributed by atoms with E-state index in [-0.39, 0.29) is 37.0 Å². The first kappa shape index (κ1) is 15.2. The van der Waals surface area contributed by atoms with Gasteiger partial charge in [0, 0.05) is 25.7 Å². The van der Waals surface area contributed by atoms with E-state index >= 15 is 0 Å². The number of nitrogens with two attached hydrogens (primary N) is 1. The highest BCUT2D eigenvalue weighted by Gasteiger charge is 2.07. The van der Waals surface area contributed by atoms with Gasteiger partial charge < -0.3 is 11.1 Å². The fourth-order valence-corrected chi connectivity index (χ4v) is 1.62. The van der Waals surface area contributed by atoms with Crippen molar-refractivity contribution < 1.29 is 4.79 Å². The third-order valence-electron chi connectivity index (χ3n) is 2.51. The number of nitrogens with zero attached hydrogens (tertiary/aromatic N) is 3. The second-order valence-corrected chi connectivity index (χ2v) is 3.82. The molecule has 2 rings (SSSR count). The maximum Gasteiger partial charge on any atom is 0.350 e. The van der Waals surface area contributed by atoms with Crippen LogP contribution in [0.4, 0.5) is 0 Å². The van der Waals surface area contributed by atoms with Crippen LogP contribution in [0.15, 0.2) is 29.2 Å². The summed E-state index contributed by atoms with van der Waals surface area (Å²) in [4.78, 5) is 23.3. The van der Waals surface area contributed by atoms with E-state index in [2.05, 4.69) is 10.4 Å². The predicted molar refractivity (Wildman–Crippen MR) is 73.4 cm³/mol. The summed E-state index contributed by atoms with van der Waals surface area (Å²) < 4.78 is 2.73. The Balaban J connectivity index is 0.00000180. The van der Waals surface area contributed by atoms with E-state index < -0.39 is 0 Å². The zero-order valence-electron chi connectivity index (χ0n) is 10.3. The number of aromatic nitrogens is 3. The van der Waals surface area contributed by atoms with Crippen LogP contribution >= 0.6 is 12.4 Å². The number of rotatable bonds is 5. The SMILES string of the molecule is Cl.NCCNC(=O)CCn1nc2ccccn2c1=O. The minimum absolute atomic E-state index is 0. The molecule has 7 nitrogen and oxygen atoms in total. The van der Waals surface area contributed by atoms with Gasteiger partial charge in [0.1, 0.15) is 0 Å². The van der Waals surface area contributed by atoms with Crippen molar-refractivity contribution in [3.8, 4) is 0 Å². The minimum atomic E-state index is -0.239. The molecule has 104 valence electrons. The fourth-order valence-electron chi connectivity index (χ4n) is 1.62. The molecular weight excluding hydrogens is 270 g/mol. The molecule has 0 aliphatic heterocycles. The maximum absolute atomic E-state index is 11.9. The van der Waals surface area contributed by atoms with E-state index in [1.807, 2.05) is 0 Å². The molecule has 2 aromatic heterocycles. The zero-order chi connectivity index (χ0) is 13.0. The molecule has 0 saturated heterocycles. The van der Waals surface area contributed by atoms with Gasteiger partial charge in [0.05, 0.1) is 6.54 Å². The molecule has 0 spiro atoms. The lowest BCUT2D eigenvalue weighted by molar-refractivity contribution is -0.121. The molecule has 0 aromatic carbocycles. The molecule has 0 saturated carbocycles. The number of hydrogen-bond acceptors (Lipinski definition) is 4. The van der Waals surface area contributed by atoms with Gasteiger partial charge in [0.2, 0.25) is 5.91 Å². The van der Waals surface area contributed by atoms with Crippen LogP contribution in [0.5, 0.6) is 0 Å². The molecule has 0 fully saturated rings. The third kappa shape index (κ3) is 3.55. The summed E-state index contributed by atoms with van der Waals surface area (Å²) in [6.07, 6.45) is 1.86. The summed E-state index contributed by atoms with van der Waals surface area (Å²) in [7, 11) is 0. The van der Waals surface area contributed by atoms with Gasteiger partial charge in [0.15, 0.2) is 5.65 Å². The van der Waals surface area contributed by atoms with E-state index in [0.717, 1.165) is 0 Å². The molecule has 0 bridgehead atoms. The number of pyridine rings is 1. The summed E-state index contributed by atoms with van der Waals surface area (Å²) in [6, 6.07) is 5.31. The first-order valence-electron chi connectivity index (χ1n) is 5.73. The maximum atomic E-state index is 11.9. The summed E-state index contributed by atoms with van der Waals surface area (Å²) in [5.74, 6) is -0.135. The van der Waals surface area contributed by atoms with Crippen molar-refractivity contribution in [3.63, 3.8) is 0 Å². The van der Waals surface area contributed by atoms with Gasteiger partial charge in [0.25, 0.3) is 0 Å². The number of nitrogens with one attached hydrogen (secondary N) is 1. The van der Waals surface area contributed by atoms with Crippen molar-refractivity contribution in [2.75, 3.05) is 13.1 Å². The Labute approximate surface area is 115 Å². The van der Waals surface area contributed by atoms with Crippen LogP contribution in [0.3, 0.4) is 0 Å². The zero-order valence-corrected chi connectivity index (χ0v) is 11.1. The van der Waals surface area contributed by atoms with Crippen LogP contribution in [0.2, 0.25) is 0 Å². The quantitative estimate of drug-likeness (QED) is 0.766. The van der Waals surface area contributed by atoms with Gasteiger partial charge in [-0.3, -0.25) is 9.20 Å². The standard InChI is InChI=1S/C11H15N5O2.ClH/c12-5-6-13-10(17)4-8-16-11(18)15-7-2-1-3-9(15)14-16;/h1-3,7H,4-6,8,12H2,(H,13,17);1H. The molecule has 0 radical (unpaired) electrons. The third-order valence-corrected chi connectivity index (χ3v) is 2.51. The van der Waals surface area contributed by atoms with Crippen LogP contribution < -0.4 is 16.7 Å². The molecular formula is C11H16ClN5O2. The molecule has 8 heteroatoms. The smallest absolute Gasteiger partial charge is 0.350 e. The lowest BCUT2D eigenvalue weighted by Gasteiger charge is -2.02. The van der Waals surface area contributed by atoms with Crippen molar-refractivity contribution in [3.05, 3.63) is 34.9 Å². The monoisotopic (exact) mass is 285 g/mol. The van der Waals surface area contributed by atoms with Crippen LogP contribution in [0, 0.1) is 0 Å². The molecule has 0 aliphatic carbocycles.